The molecule has 8 nitrogen and oxygen atoms in total. The molecular formula is C26H31FN8. The van der Waals surface area contributed by atoms with Gasteiger partial charge in [-0.15, -0.1) is 0 Å². The molecule has 0 saturated carbocycles. The number of fused-ring (bicyclic) bond motifs is 1. The summed E-state index contributed by atoms with van der Waals surface area (Å²) >= 11 is 0. The second kappa shape index (κ2) is 9.65. The number of aromatic nitrogens is 6. The number of piperazine rings is 1. The first kappa shape index (κ1) is 23.3. The van der Waals surface area contributed by atoms with Crippen LogP contribution in [0.1, 0.15) is 45.3 Å². The lowest BCUT2D eigenvalue weighted by Crippen LogP contribution is -2.48. The van der Waals surface area contributed by atoms with Crippen LogP contribution in [0.4, 0.5) is 10.1 Å². The van der Waals surface area contributed by atoms with Gasteiger partial charge in [0.05, 0.1) is 41.5 Å². The molecule has 0 bridgehead atoms. The molecule has 0 N–H and O–H groups in total. The molecule has 0 amide bonds. The van der Waals surface area contributed by atoms with Crippen LogP contribution in [-0.4, -0.2) is 66.6 Å². The summed E-state index contributed by atoms with van der Waals surface area (Å²) in [6, 6.07) is 8.48. The van der Waals surface area contributed by atoms with Crippen LogP contribution in [0.5, 0.6) is 0 Å². The summed E-state index contributed by atoms with van der Waals surface area (Å²) in [6.45, 7) is 12.7. The van der Waals surface area contributed by atoms with Crippen molar-refractivity contribution in [2.75, 3.05) is 31.1 Å². The Morgan fingerprint density at radius 3 is 2.37 bits per heavy atom. The molecule has 35 heavy (non-hydrogen) atoms. The normalized spacial score (nSPS) is 15.0. The number of imidazole rings is 1. The van der Waals surface area contributed by atoms with E-state index < -0.39 is 5.95 Å². The number of anilines is 1. The molecule has 5 heterocycles. The Hall–Kier alpha value is -3.46. The first-order valence-electron chi connectivity index (χ1n) is 12.2. The molecule has 0 atom stereocenters. The molecule has 1 aliphatic rings. The van der Waals surface area contributed by atoms with Gasteiger partial charge in [0.1, 0.15) is 11.3 Å². The zero-order chi connectivity index (χ0) is 24.5. The van der Waals surface area contributed by atoms with Crippen molar-refractivity contribution >= 4 is 16.7 Å². The highest BCUT2D eigenvalue weighted by molar-refractivity contribution is 5.79. The van der Waals surface area contributed by atoms with Crippen LogP contribution < -0.4 is 4.90 Å². The molecule has 182 valence electrons. The molecule has 1 saturated heterocycles. The van der Waals surface area contributed by atoms with E-state index in [2.05, 4.69) is 54.6 Å². The lowest BCUT2D eigenvalue weighted by molar-refractivity contribution is 0.209. The minimum absolute atomic E-state index is 0.156. The van der Waals surface area contributed by atoms with Gasteiger partial charge in [0.25, 0.3) is 0 Å². The number of halogens is 1. The standard InChI is InChI=1S/C26H31FN8/c1-17(2)33-9-11-34(12-10-33)20-6-5-19(29-15-20)13-24-28-8-7-21(31-24)22-14-23-25(26(27)32-22)30-16-35(23)18(3)4/h5-8,14-18H,9-13H2,1-4H3. The molecule has 4 aromatic rings. The number of hydrogen-bond acceptors (Lipinski definition) is 7. The molecule has 0 aliphatic carbocycles. The summed E-state index contributed by atoms with van der Waals surface area (Å²) in [4.78, 5) is 26.9. The van der Waals surface area contributed by atoms with Gasteiger partial charge in [0, 0.05) is 50.2 Å². The summed E-state index contributed by atoms with van der Waals surface area (Å²) in [5, 5.41) is 0. The molecule has 0 unspecified atom stereocenters. The summed E-state index contributed by atoms with van der Waals surface area (Å²) in [7, 11) is 0. The van der Waals surface area contributed by atoms with Crippen LogP contribution in [0.3, 0.4) is 0 Å². The van der Waals surface area contributed by atoms with Crippen LogP contribution in [0.15, 0.2) is 43.0 Å². The number of hydrogen-bond donors (Lipinski definition) is 0. The fourth-order valence-corrected chi connectivity index (χ4v) is 4.53. The minimum atomic E-state index is -0.594. The van der Waals surface area contributed by atoms with Gasteiger partial charge in [0.2, 0.25) is 5.95 Å². The Morgan fingerprint density at radius 1 is 0.886 bits per heavy atom. The highest BCUT2D eigenvalue weighted by atomic mass is 19.1. The number of pyridine rings is 2. The van der Waals surface area contributed by atoms with Crippen LogP contribution >= 0.6 is 0 Å². The largest absolute Gasteiger partial charge is 0.368 e. The summed E-state index contributed by atoms with van der Waals surface area (Å²) in [5.41, 5.74) is 4.04. The van der Waals surface area contributed by atoms with Crippen molar-refractivity contribution in [2.24, 2.45) is 0 Å². The molecule has 5 rings (SSSR count). The zero-order valence-corrected chi connectivity index (χ0v) is 20.7. The van der Waals surface area contributed by atoms with Crippen LogP contribution in [0, 0.1) is 5.95 Å². The van der Waals surface area contributed by atoms with Gasteiger partial charge in [-0.05, 0) is 52.0 Å². The third kappa shape index (κ3) is 4.86. The molecule has 1 fully saturated rings. The van der Waals surface area contributed by atoms with Crippen molar-refractivity contribution in [2.45, 2.75) is 46.2 Å². The fraction of sp³-hybridized carbons (Fsp3) is 0.423. The van der Waals surface area contributed by atoms with E-state index in [1.54, 1.807) is 18.6 Å². The van der Waals surface area contributed by atoms with Gasteiger partial charge >= 0.3 is 0 Å². The summed E-state index contributed by atoms with van der Waals surface area (Å²) < 4.78 is 16.6. The van der Waals surface area contributed by atoms with E-state index in [-0.39, 0.29) is 11.6 Å². The predicted octanol–water partition coefficient (Wildman–Crippen LogP) is 4.12. The van der Waals surface area contributed by atoms with Crippen molar-refractivity contribution < 1.29 is 4.39 Å². The molecule has 9 heteroatoms. The van der Waals surface area contributed by atoms with Crippen LogP contribution in [0.25, 0.3) is 22.4 Å². The highest BCUT2D eigenvalue weighted by Crippen LogP contribution is 2.25. The monoisotopic (exact) mass is 474 g/mol. The SMILES string of the molecule is CC(C)N1CCN(c2ccc(Cc3nccc(-c4cc5c(ncn5C(C)C)c(F)n4)n3)nc2)CC1. The van der Waals surface area contributed by atoms with Gasteiger partial charge in [-0.2, -0.15) is 4.39 Å². The Bertz CT molecular complexity index is 1310. The van der Waals surface area contributed by atoms with Gasteiger partial charge < -0.3 is 9.47 Å². The molecule has 0 aromatic carbocycles. The zero-order valence-electron chi connectivity index (χ0n) is 20.7. The third-order valence-electron chi connectivity index (χ3n) is 6.60. The van der Waals surface area contributed by atoms with E-state index in [4.69, 9.17) is 0 Å². The van der Waals surface area contributed by atoms with E-state index in [1.165, 1.54) is 0 Å². The lowest BCUT2D eigenvalue weighted by Gasteiger charge is -2.38. The molecule has 0 spiro atoms. The topological polar surface area (TPSA) is 75.9 Å². The molecule has 1 aliphatic heterocycles. The van der Waals surface area contributed by atoms with E-state index in [9.17, 15) is 4.39 Å². The smallest absolute Gasteiger partial charge is 0.241 e. The van der Waals surface area contributed by atoms with Crippen molar-refractivity contribution in [3.63, 3.8) is 0 Å². The van der Waals surface area contributed by atoms with Crippen molar-refractivity contribution in [3.8, 4) is 11.4 Å². The van der Waals surface area contributed by atoms with Crippen molar-refractivity contribution in [1.29, 1.82) is 0 Å². The predicted molar refractivity (Wildman–Crippen MR) is 135 cm³/mol. The van der Waals surface area contributed by atoms with E-state index in [0.717, 1.165) is 37.6 Å². The Morgan fingerprint density at radius 2 is 1.69 bits per heavy atom. The molecular weight excluding hydrogens is 443 g/mol. The van der Waals surface area contributed by atoms with E-state index >= 15 is 0 Å². The second-order valence-corrected chi connectivity index (χ2v) is 9.57. The summed E-state index contributed by atoms with van der Waals surface area (Å²) in [5.74, 6) is 0.0246. The quantitative estimate of drug-likeness (QED) is 0.389. The van der Waals surface area contributed by atoms with Crippen molar-refractivity contribution in [1.82, 2.24) is 34.4 Å². The second-order valence-electron chi connectivity index (χ2n) is 9.57. The maximum absolute atomic E-state index is 14.7. The lowest BCUT2D eigenvalue weighted by atomic mass is 10.2. The van der Waals surface area contributed by atoms with E-state index in [1.807, 2.05) is 36.7 Å². The van der Waals surface area contributed by atoms with Gasteiger partial charge in [-0.1, -0.05) is 0 Å². The first-order chi connectivity index (χ1) is 16.9. The minimum Gasteiger partial charge on any atom is -0.368 e. The number of nitrogens with zero attached hydrogens (tertiary/aromatic N) is 8. The third-order valence-corrected chi connectivity index (χ3v) is 6.60. The maximum Gasteiger partial charge on any atom is 0.241 e. The number of rotatable bonds is 6. The van der Waals surface area contributed by atoms with Crippen molar-refractivity contribution in [3.05, 3.63) is 60.5 Å². The van der Waals surface area contributed by atoms with Crippen LogP contribution in [-0.2, 0) is 6.42 Å². The van der Waals surface area contributed by atoms with Gasteiger partial charge in [-0.25, -0.2) is 19.9 Å². The van der Waals surface area contributed by atoms with Crippen LogP contribution in [0.2, 0.25) is 0 Å². The average Bonchev–Trinajstić information content (AvgIpc) is 3.30. The van der Waals surface area contributed by atoms with Gasteiger partial charge in [-0.3, -0.25) is 9.88 Å². The highest BCUT2D eigenvalue weighted by Gasteiger charge is 2.19. The first-order valence-corrected chi connectivity index (χ1v) is 12.2. The Labute approximate surface area is 204 Å². The maximum atomic E-state index is 14.7. The van der Waals surface area contributed by atoms with E-state index in [0.29, 0.717) is 35.2 Å². The fourth-order valence-electron chi connectivity index (χ4n) is 4.53. The molecule has 4 aromatic heterocycles. The average molecular weight is 475 g/mol. The van der Waals surface area contributed by atoms with Gasteiger partial charge in [0.15, 0.2) is 0 Å². The molecule has 0 radical (unpaired) electrons. The Balaban J connectivity index is 1.32. The Kier molecular flexibility index (Phi) is 6.42. The summed E-state index contributed by atoms with van der Waals surface area (Å²) in [6.07, 6.45) is 5.75.